The van der Waals surface area contributed by atoms with E-state index in [2.05, 4.69) is 39.8 Å². The van der Waals surface area contributed by atoms with Crippen LogP contribution in [0.1, 0.15) is 36.9 Å². The van der Waals surface area contributed by atoms with Crippen LogP contribution in [-0.4, -0.2) is 10.1 Å². The first kappa shape index (κ1) is 13.2. The molecule has 0 atom stereocenters. The van der Waals surface area contributed by atoms with Gasteiger partial charge in [0.1, 0.15) is 5.01 Å². The van der Waals surface area contributed by atoms with Crippen LogP contribution >= 0.6 is 11.3 Å². The molecular weight excluding hydrogens is 242 g/mol. The van der Waals surface area contributed by atoms with Crippen molar-refractivity contribution in [2.24, 2.45) is 0 Å². The first-order valence-electron chi connectivity index (χ1n) is 6.10. The molecule has 2 nitrogen and oxygen atoms in total. The fourth-order valence-electron chi connectivity index (χ4n) is 1.97. The molecule has 0 aliphatic rings. The first-order chi connectivity index (χ1) is 8.43. The minimum Gasteiger partial charge on any atom is -0.391 e. The highest BCUT2D eigenvalue weighted by molar-refractivity contribution is 7.15. The van der Waals surface area contributed by atoms with Crippen LogP contribution in [0, 0.1) is 6.92 Å². The Morgan fingerprint density at radius 1 is 1.22 bits per heavy atom. The van der Waals surface area contributed by atoms with Gasteiger partial charge in [-0.3, -0.25) is 0 Å². The molecule has 0 radical (unpaired) electrons. The predicted molar refractivity (Wildman–Crippen MR) is 76.9 cm³/mol. The molecule has 2 rings (SSSR count). The molecule has 18 heavy (non-hydrogen) atoms. The third-order valence-corrected chi connectivity index (χ3v) is 4.00. The molecule has 0 aliphatic carbocycles. The smallest absolute Gasteiger partial charge is 0.124 e. The summed E-state index contributed by atoms with van der Waals surface area (Å²) in [5.74, 6) is 0. The second kappa shape index (κ2) is 4.82. The SMILES string of the molecule is Cc1ccccc1-c1nc(C(C)(C)C)c(CO)s1. The number of aliphatic hydroxyl groups is 1. The summed E-state index contributed by atoms with van der Waals surface area (Å²) < 4.78 is 0. The normalized spacial score (nSPS) is 11.8. The van der Waals surface area contributed by atoms with Crippen molar-refractivity contribution in [2.75, 3.05) is 0 Å². The van der Waals surface area contributed by atoms with Crippen molar-refractivity contribution in [3.63, 3.8) is 0 Å². The van der Waals surface area contributed by atoms with Gasteiger partial charge in [-0.1, -0.05) is 45.0 Å². The van der Waals surface area contributed by atoms with Crippen molar-refractivity contribution in [1.82, 2.24) is 4.98 Å². The lowest BCUT2D eigenvalue weighted by atomic mass is 9.91. The number of benzene rings is 1. The van der Waals surface area contributed by atoms with E-state index in [0.717, 1.165) is 21.1 Å². The number of aryl methyl sites for hydroxylation is 1. The molecule has 2 aromatic rings. The van der Waals surface area contributed by atoms with E-state index in [1.807, 2.05) is 12.1 Å². The lowest BCUT2D eigenvalue weighted by Crippen LogP contribution is -2.14. The second-order valence-corrected chi connectivity index (χ2v) is 6.60. The van der Waals surface area contributed by atoms with Gasteiger partial charge in [-0.15, -0.1) is 11.3 Å². The van der Waals surface area contributed by atoms with Crippen LogP contribution in [0.25, 0.3) is 10.6 Å². The molecule has 3 heteroatoms. The van der Waals surface area contributed by atoms with Crippen molar-refractivity contribution in [3.8, 4) is 10.6 Å². The maximum Gasteiger partial charge on any atom is 0.124 e. The molecule has 0 aliphatic heterocycles. The van der Waals surface area contributed by atoms with Crippen molar-refractivity contribution in [3.05, 3.63) is 40.4 Å². The van der Waals surface area contributed by atoms with Gasteiger partial charge in [-0.05, 0) is 12.5 Å². The molecule has 1 aromatic carbocycles. The molecule has 0 amide bonds. The number of aromatic nitrogens is 1. The van der Waals surface area contributed by atoms with Gasteiger partial charge >= 0.3 is 0 Å². The van der Waals surface area contributed by atoms with E-state index >= 15 is 0 Å². The zero-order valence-corrected chi connectivity index (χ0v) is 12.1. The van der Waals surface area contributed by atoms with E-state index in [1.165, 1.54) is 5.56 Å². The molecule has 0 bridgehead atoms. The number of thiazole rings is 1. The molecule has 1 aromatic heterocycles. The Balaban J connectivity index is 2.55. The van der Waals surface area contributed by atoms with E-state index in [-0.39, 0.29) is 12.0 Å². The van der Waals surface area contributed by atoms with Gasteiger partial charge < -0.3 is 5.11 Å². The summed E-state index contributed by atoms with van der Waals surface area (Å²) >= 11 is 1.59. The molecular formula is C15H19NOS. The molecule has 0 unspecified atom stereocenters. The Morgan fingerprint density at radius 3 is 2.39 bits per heavy atom. The van der Waals surface area contributed by atoms with Crippen molar-refractivity contribution in [1.29, 1.82) is 0 Å². The van der Waals surface area contributed by atoms with Crippen LogP contribution < -0.4 is 0 Å². The van der Waals surface area contributed by atoms with Gasteiger partial charge in [0, 0.05) is 11.0 Å². The maximum atomic E-state index is 9.48. The summed E-state index contributed by atoms with van der Waals surface area (Å²) in [5, 5.41) is 10.5. The lowest BCUT2D eigenvalue weighted by Gasteiger charge is -2.16. The number of aliphatic hydroxyl groups excluding tert-OH is 1. The monoisotopic (exact) mass is 261 g/mol. The summed E-state index contributed by atoms with van der Waals surface area (Å²) in [6.07, 6.45) is 0. The maximum absolute atomic E-state index is 9.48. The van der Waals surface area contributed by atoms with Gasteiger partial charge in [0.2, 0.25) is 0 Å². The van der Waals surface area contributed by atoms with Crippen LogP contribution in [0.5, 0.6) is 0 Å². The van der Waals surface area contributed by atoms with Crippen molar-refractivity contribution < 1.29 is 5.11 Å². The van der Waals surface area contributed by atoms with Gasteiger partial charge in [-0.2, -0.15) is 0 Å². The van der Waals surface area contributed by atoms with Crippen molar-refractivity contribution in [2.45, 2.75) is 39.7 Å². The van der Waals surface area contributed by atoms with E-state index in [9.17, 15) is 5.11 Å². The van der Waals surface area contributed by atoms with Gasteiger partial charge in [0.05, 0.1) is 17.2 Å². The summed E-state index contributed by atoms with van der Waals surface area (Å²) in [4.78, 5) is 5.71. The molecule has 0 fully saturated rings. The second-order valence-electron chi connectivity index (χ2n) is 5.51. The predicted octanol–water partition coefficient (Wildman–Crippen LogP) is 3.91. The van der Waals surface area contributed by atoms with Crippen LogP contribution in [0.15, 0.2) is 24.3 Å². The molecule has 1 N–H and O–H groups in total. The van der Waals surface area contributed by atoms with Crippen LogP contribution in [0.3, 0.4) is 0 Å². The third-order valence-electron chi connectivity index (χ3n) is 2.93. The summed E-state index contributed by atoms with van der Waals surface area (Å²) in [6.45, 7) is 8.54. The highest BCUT2D eigenvalue weighted by Crippen LogP contribution is 2.35. The average molecular weight is 261 g/mol. The zero-order chi connectivity index (χ0) is 13.3. The molecule has 0 spiro atoms. The number of nitrogens with zero attached hydrogens (tertiary/aromatic N) is 1. The summed E-state index contributed by atoms with van der Waals surface area (Å²) in [7, 11) is 0. The Morgan fingerprint density at radius 2 is 1.89 bits per heavy atom. The minimum atomic E-state index is -0.0322. The van der Waals surface area contributed by atoms with Gasteiger partial charge in [0.25, 0.3) is 0 Å². The molecule has 1 heterocycles. The van der Waals surface area contributed by atoms with Crippen LogP contribution in [-0.2, 0) is 12.0 Å². The Bertz CT molecular complexity index is 552. The van der Waals surface area contributed by atoms with Gasteiger partial charge in [-0.25, -0.2) is 4.98 Å². The van der Waals surface area contributed by atoms with E-state index in [4.69, 9.17) is 4.98 Å². The Kier molecular flexibility index (Phi) is 3.55. The zero-order valence-electron chi connectivity index (χ0n) is 11.3. The third kappa shape index (κ3) is 2.47. The highest BCUT2D eigenvalue weighted by Gasteiger charge is 2.23. The Labute approximate surface area is 112 Å². The lowest BCUT2D eigenvalue weighted by molar-refractivity contribution is 0.282. The quantitative estimate of drug-likeness (QED) is 0.889. The topological polar surface area (TPSA) is 33.1 Å². The molecule has 0 saturated heterocycles. The fourth-order valence-corrected chi connectivity index (χ4v) is 3.20. The largest absolute Gasteiger partial charge is 0.391 e. The molecule has 0 saturated carbocycles. The van der Waals surface area contributed by atoms with Crippen molar-refractivity contribution >= 4 is 11.3 Å². The van der Waals surface area contributed by atoms with E-state index < -0.39 is 0 Å². The number of hydrogen-bond donors (Lipinski definition) is 1. The average Bonchev–Trinajstić information content (AvgIpc) is 2.73. The highest BCUT2D eigenvalue weighted by atomic mass is 32.1. The molecule has 96 valence electrons. The number of hydrogen-bond acceptors (Lipinski definition) is 3. The minimum absolute atomic E-state index is 0.0322. The van der Waals surface area contributed by atoms with Gasteiger partial charge in [0.15, 0.2) is 0 Å². The first-order valence-corrected chi connectivity index (χ1v) is 6.92. The van der Waals surface area contributed by atoms with E-state index in [1.54, 1.807) is 11.3 Å². The summed E-state index contributed by atoms with van der Waals surface area (Å²) in [6, 6.07) is 8.23. The van der Waals surface area contributed by atoms with Crippen LogP contribution in [0.2, 0.25) is 0 Å². The Hall–Kier alpha value is -1.19. The number of rotatable bonds is 2. The van der Waals surface area contributed by atoms with E-state index in [0.29, 0.717) is 0 Å². The van der Waals surface area contributed by atoms with Crippen LogP contribution in [0.4, 0.5) is 0 Å². The standard InChI is InChI=1S/C15H19NOS/c1-10-7-5-6-8-11(10)14-16-13(15(2,3)4)12(9-17)18-14/h5-8,17H,9H2,1-4H3. The summed E-state index contributed by atoms with van der Waals surface area (Å²) in [5.41, 5.74) is 3.35. The fraction of sp³-hybridized carbons (Fsp3) is 0.400.